The molecule has 0 spiro atoms. The second kappa shape index (κ2) is 7.85. The third kappa shape index (κ3) is 3.60. The van der Waals surface area contributed by atoms with Gasteiger partial charge in [-0.15, -0.1) is 0 Å². The van der Waals surface area contributed by atoms with Gasteiger partial charge in [0, 0.05) is 31.2 Å². The maximum absolute atomic E-state index is 13.2. The number of hydrogen-bond donors (Lipinski definition) is 0. The number of hydrogen-bond acceptors (Lipinski definition) is 4. The lowest BCUT2D eigenvalue weighted by Gasteiger charge is -2.37. The molecule has 3 rings (SSSR count). The van der Waals surface area contributed by atoms with Crippen LogP contribution in [-0.4, -0.2) is 70.1 Å². The summed E-state index contributed by atoms with van der Waals surface area (Å²) < 4.78 is 15.1. The average Bonchev–Trinajstić information content (AvgIpc) is 3.10. The van der Waals surface area contributed by atoms with Crippen LogP contribution in [0.5, 0.6) is 0 Å². The molecule has 0 aromatic heterocycles. The molecule has 1 atom stereocenters. The normalized spacial score (nSPS) is 20.4. The fraction of sp³-hybridized carbons (Fsp3) is 0.588. The van der Waals surface area contributed by atoms with Crippen LogP contribution in [0.3, 0.4) is 0 Å². The van der Waals surface area contributed by atoms with E-state index in [9.17, 15) is 4.21 Å². The molecule has 0 aliphatic carbocycles. The van der Waals surface area contributed by atoms with Crippen LogP contribution in [0.4, 0.5) is 0 Å². The van der Waals surface area contributed by atoms with Crippen molar-refractivity contribution in [3.05, 3.63) is 28.8 Å². The lowest BCUT2D eigenvalue weighted by atomic mass is 10.2. The van der Waals surface area contributed by atoms with E-state index in [1.54, 1.807) is 0 Å². The zero-order valence-electron chi connectivity index (χ0n) is 14.4. The highest BCUT2D eigenvalue weighted by molar-refractivity contribution is 7.83. The van der Waals surface area contributed by atoms with Crippen molar-refractivity contribution < 1.29 is 4.21 Å². The molecule has 132 valence electrons. The topological polar surface area (TPSA) is 39.2 Å². The summed E-state index contributed by atoms with van der Waals surface area (Å²) in [5.74, 6) is 0.890. The lowest BCUT2D eigenvalue weighted by Crippen LogP contribution is -2.52. The molecule has 5 nitrogen and oxygen atoms in total. The highest BCUT2D eigenvalue weighted by Crippen LogP contribution is 2.24. The van der Waals surface area contributed by atoms with E-state index in [0.717, 1.165) is 55.6 Å². The maximum atomic E-state index is 13.2. The molecule has 1 unspecified atom stereocenters. The van der Waals surface area contributed by atoms with E-state index in [4.69, 9.17) is 11.6 Å². The second-order valence-electron chi connectivity index (χ2n) is 6.06. The lowest BCUT2D eigenvalue weighted by molar-refractivity contribution is 0.184. The van der Waals surface area contributed by atoms with E-state index in [1.807, 2.05) is 22.5 Å². The fourth-order valence-corrected chi connectivity index (χ4v) is 4.83. The highest BCUT2D eigenvalue weighted by atomic mass is 35.5. The van der Waals surface area contributed by atoms with Crippen LogP contribution < -0.4 is 0 Å². The van der Waals surface area contributed by atoms with Crippen LogP contribution in [0.15, 0.2) is 28.1 Å². The van der Waals surface area contributed by atoms with Crippen LogP contribution in [0.2, 0.25) is 5.02 Å². The van der Waals surface area contributed by atoms with Crippen molar-refractivity contribution in [3.63, 3.8) is 0 Å². The first-order valence-corrected chi connectivity index (χ1v) is 10.1. The van der Waals surface area contributed by atoms with E-state index >= 15 is 0 Å². The van der Waals surface area contributed by atoms with Gasteiger partial charge in [-0.25, -0.2) is 4.21 Å². The van der Waals surface area contributed by atoms with Gasteiger partial charge in [-0.1, -0.05) is 25.4 Å². The molecule has 1 fully saturated rings. The van der Waals surface area contributed by atoms with Crippen molar-refractivity contribution in [1.82, 2.24) is 14.1 Å². The number of benzene rings is 1. The number of likely N-dealkylation sites (N-methyl/N-ethyl adjacent to an activating group) is 1. The van der Waals surface area contributed by atoms with Crippen LogP contribution in [-0.2, 0) is 17.4 Å². The third-order valence-corrected chi connectivity index (χ3v) is 6.43. The van der Waals surface area contributed by atoms with E-state index in [-0.39, 0.29) is 0 Å². The second-order valence-corrected chi connectivity index (χ2v) is 7.88. The van der Waals surface area contributed by atoms with Crippen molar-refractivity contribution in [1.29, 1.82) is 0 Å². The number of guanidine groups is 1. The van der Waals surface area contributed by atoms with E-state index in [1.165, 1.54) is 0 Å². The minimum absolute atomic E-state index is 0.693. The minimum atomic E-state index is -1.23. The molecule has 0 amide bonds. The summed E-state index contributed by atoms with van der Waals surface area (Å²) >= 11 is 6.09. The van der Waals surface area contributed by atoms with Gasteiger partial charge in [0.05, 0.1) is 18.0 Å². The molecule has 1 saturated heterocycles. The van der Waals surface area contributed by atoms with Gasteiger partial charge in [-0.2, -0.15) is 0 Å². The van der Waals surface area contributed by atoms with Crippen LogP contribution in [0.1, 0.15) is 19.4 Å². The Bertz CT molecular complexity index is 643. The molecule has 2 aliphatic rings. The smallest absolute Gasteiger partial charge is 0.209 e. The first-order valence-electron chi connectivity index (χ1n) is 8.63. The summed E-state index contributed by atoms with van der Waals surface area (Å²) in [7, 11) is -1.23. The zero-order valence-corrected chi connectivity index (χ0v) is 15.9. The van der Waals surface area contributed by atoms with Crippen LogP contribution >= 0.6 is 11.6 Å². The van der Waals surface area contributed by atoms with Gasteiger partial charge in [0.2, 0.25) is 5.96 Å². The zero-order chi connectivity index (χ0) is 17.1. The van der Waals surface area contributed by atoms with Crippen LogP contribution in [0.25, 0.3) is 0 Å². The van der Waals surface area contributed by atoms with Crippen molar-refractivity contribution in [2.24, 2.45) is 4.99 Å². The molecule has 0 N–H and O–H groups in total. The Kier molecular flexibility index (Phi) is 5.79. The molecule has 24 heavy (non-hydrogen) atoms. The monoisotopic (exact) mass is 368 g/mol. The predicted molar refractivity (Wildman–Crippen MR) is 99.9 cm³/mol. The number of nitrogens with zero attached hydrogens (tertiary/aromatic N) is 4. The van der Waals surface area contributed by atoms with Crippen LogP contribution in [0, 0.1) is 0 Å². The van der Waals surface area contributed by atoms with Gasteiger partial charge in [0.1, 0.15) is 0 Å². The van der Waals surface area contributed by atoms with E-state index in [0.29, 0.717) is 18.1 Å². The molecular weight excluding hydrogens is 344 g/mol. The Morgan fingerprint density at radius 3 is 2.58 bits per heavy atom. The van der Waals surface area contributed by atoms with Crippen molar-refractivity contribution >= 4 is 28.5 Å². The first-order chi connectivity index (χ1) is 11.6. The SMILES string of the molecule is CCc1cc(Cl)ccc1S(=O)N1CCN=C1N1CCN(CC)CC1. The quantitative estimate of drug-likeness (QED) is 0.818. The third-order valence-electron chi connectivity index (χ3n) is 4.67. The van der Waals surface area contributed by atoms with E-state index < -0.39 is 11.0 Å². The molecule has 0 saturated carbocycles. The number of halogens is 1. The Labute approximate surface area is 151 Å². The summed E-state index contributed by atoms with van der Waals surface area (Å²) in [5.41, 5.74) is 1.04. The number of piperazine rings is 1. The molecule has 2 heterocycles. The minimum Gasteiger partial charge on any atom is -0.339 e. The van der Waals surface area contributed by atoms with Crippen molar-refractivity contribution in [2.45, 2.75) is 25.2 Å². The van der Waals surface area contributed by atoms with Crippen molar-refractivity contribution in [3.8, 4) is 0 Å². The molecule has 1 aromatic carbocycles. The molecule has 7 heteroatoms. The maximum Gasteiger partial charge on any atom is 0.209 e. The Hall–Kier alpha value is -1.11. The molecule has 0 bridgehead atoms. The Morgan fingerprint density at radius 1 is 1.17 bits per heavy atom. The summed E-state index contributed by atoms with van der Waals surface area (Å²) in [5, 5.41) is 0.693. The summed E-state index contributed by atoms with van der Waals surface area (Å²) in [6.45, 7) is 10.7. The highest BCUT2D eigenvalue weighted by Gasteiger charge is 2.30. The fourth-order valence-electron chi connectivity index (χ4n) is 3.21. The number of rotatable bonds is 4. The molecular formula is C17H25ClN4OS. The average molecular weight is 369 g/mol. The number of aliphatic imine (C=N–C) groups is 1. The standard InChI is InChI=1S/C17H25ClN4OS/c1-3-14-13-15(18)5-6-16(14)24(23)22-8-7-19-17(22)21-11-9-20(4-2)10-12-21/h5-6,13H,3-4,7-12H2,1-2H3. The summed E-state index contributed by atoms with van der Waals surface area (Å²) in [6.07, 6.45) is 0.817. The van der Waals surface area contributed by atoms with Gasteiger partial charge in [-0.3, -0.25) is 9.30 Å². The predicted octanol–water partition coefficient (Wildman–Crippen LogP) is 2.23. The van der Waals surface area contributed by atoms with Gasteiger partial charge in [0.25, 0.3) is 0 Å². The summed E-state index contributed by atoms with van der Waals surface area (Å²) in [4.78, 5) is 10.2. The van der Waals surface area contributed by atoms with Crippen molar-refractivity contribution in [2.75, 3.05) is 45.8 Å². The Morgan fingerprint density at radius 2 is 1.92 bits per heavy atom. The van der Waals surface area contributed by atoms with Gasteiger partial charge in [0.15, 0.2) is 11.0 Å². The molecule has 2 aliphatic heterocycles. The molecule has 0 radical (unpaired) electrons. The van der Waals surface area contributed by atoms with Gasteiger partial charge < -0.3 is 9.80 Å². The van der Waals surface area contributed by atoms with Gasteiger partial charge in [-0.05, 0) is 36.7 Å². The first kappa shape index (κ1) is 17.7. The summed E-state index contributed by atoms with van der Waals surface area (Å²) in [6, 6.07) is 5.63. The number of aryl methyl sites for hydroxylation is 1. The molecule has 1 aromatic rings. The largest absolute Gasteiger partial charge is 0.339 e. The van der Waals surface area contributed by atoms with Gasteiger partial charge >= 0.3 is 0 Å². The van der Waals surface area contributed by atoms with E-state index in [2.05, 4.69) is 28.6 Å². The Balaban J connectivity index is 1.77.